The Morgan fingerprint density at radius 1 is 0.875 bits per heavy atom. The Morgan fingerprint density at radius 3 is 2.09 bits per heavy atom. The smallest absolute Gasteiger partial charge is 0.282 e. The quantitative estimate of drug-likeness (QED) is 0.460. The van der Waals surface area contributed by atoms with Gasteiger partial charge < -0.3 is 9.47 Å². The van der Waals surface area contributed by atoms with Gasteiger partial charge in [0.05, 0.1) is 18.9 Å². The number of hydrogen-bond acceptors (Lipinski definition) is 4. The van der Waals surface area contributed by atoms with Crippen LogP contribution in [0, 0.1) is 6.92 Å². The van der Waals surface area contributed by atoms with Gasteiger partial charge in [0.2, 0.25) is 0 Å². The molecule has 0 aliphatic carbocycles. The number of ether oxygens (including phenoxy) is 2. The van der Waals surface area contributed by atoms with Crippen LogP contribution in [-0.2, 0) is 4.79 Å². The standard InChI is InChI=1S/C27H26N2O3/c1-4-31-23-13-9-20(10-14-23)18-25-27(30)29(22-11-15-24(16-12-22)32-5-2)26(28-25)21-8-6-7-19(3)17-21/h6-18H,4-5H2,1-3H3/b25-18+. The summed E-state index contributed by atoms with van der Waals surface area (Å²) in [7, 11) is 0. The first-order chi connectivity index (χ1) is 15.6. The Balaban J connectivity index is 1.73. The van der Waals surface area contributed by atoms with Crippen LogP contribution in [0.1, 0.15) is 30.5 Å². The Kier molecular flexibility index (Phi) is 6.36. The predicted molar refractivity (Wildman–Crippen MR) is 128 cm³/mol. The van der Waals surface area contributed by atoms with Crippen molar-refractivity contribution in [2.45, 2.75) is 20.8 Å². The molecule has 3 aromatic carbocycles. The van der Waals surface area contributed by atoms with Gasteiger partial charge in [0.15, 0.2) is 0 Å². The molecule has 162 valence electrons. The van der Waals surface area contributed by atoms with Crippen molar-refractivity contribution in [1.82, 2.24) is 0 Å². The van der Waals surface area contributed by atoms with E-state index >= 15 is 0 Å². The molecule has 0 radical (unpaired) electrons. The highest BCUT2D eigenvalue weighted by Gasteiger charge is 2.32. The molecular formula is C27H26N2O3. The minimum absolute atomic E-state index is 0.167. The van der Waals surface area contributed by atoms with Gasteiger partial charge in [-0.1, -0.05) is 35.9 Å². The second-order valence-electron chi connectivity index (χ2n) is 7.40. The van der Waals surface area contributed by atoms with Crippen molar-refractivity contribution in [3.05, 3.63) is 95.2 Å². The van der Waals surface area contributed by atoms with Crippen molar-refractivity contribution in [2.24, 2.45) is 4.99 Å². The van der Waals surface area contributed by atoms with E-state index in [-0.39, 0.29) is 5.91 Å². The first kappa shape index (κ1) is 21.4. The van der Waals surface area contributed by atoms with E-state index in [0.717, 1.165) is 33.9 Å². The molecule has 1 amide bonds. The molecule has 1 heterocycles. The number of anilines is 1. The van der Waals surface area contributed by atoms with E-state index in [1.807, 2.05) is 99.6 Å². The van der Waals surface area contributed by atoms with Gasteiger partial charge in [-0.05, 0) is 74.9 Å². The van der Waals surface area contributed by atoms with Gasteiger partial charge in [-0.2, -0.15) is 0 Å². The van der Waals surface area contributed by atoms with Crippen LogP contribution in [-0.4, -0.2) is 25.0 Å². The Morgan fingerprint density at radius 2 is 1.50 bits per heavy atom. The van der Waals surface area contributed by atoms with Crippen LogP contribution in [0.15, 0.2) is 83.5 Å². The van der Waals surface area contributed by atoms with Gasteiger partial charge in [-0.25, -0.2) is 4.99 Å². The number of aliphatic imine (C=N–C) groups is 1. The van der Waals surface area contributed by atoms with Gasteiger partial charge in [0.25, 0.3) is 5.91 Å². The third-order valence-electron chi connectivity index (χ3n) is 5.04. The molecule has 0 saturated heterocycles. The number of amides is 1. The van der Waals surface area contributed by atoms with E-state index in [9.17, 15) is 4.79 Å². The van der Waals surface area contributed by atoms with E-state index in [2.05, 4.69) is 0 Å². The van der Waals surface area contributed by atoms with Crippen molar-refractivity contribution in [1.29, 1.82) is 0 Å². The molecule has 1 aliphatic rings. The Bertz CT molecular complexity index is 1160. The monoisotopic (exact) mass is 426 g/mol. The fraction of sp³-hybridized carbons (Fsp3) is 0.185. The third-order valence-corrected chi connectivity index (χ3v) is 5.04. The number of carbonyl (C=O) groups is 1. The minimum atomic E-state index is -0.167. The highest BCUT2D eigenvalue weighted by molar-refractivity contribution is 6.33. The predicted octanol–water partition coefficient (Wildman–Crippen LogP) is 5.63. The summed E-state index contributed by atoms with van der Waals surface area (Å²) in [5.41, 5.74) is 4.02. The molecule has 5 nitrogen and oxygen atoms in total. The van der Waals surface area contributed by atoms with Gasteiger partial charge in [-0.3, -0.25) is 9.69 Å². The third kappa shape index (κ3) is 4.57. The van der Waals surface area contributed by atoms with Crippen LogP contribution >= 0.6 is 0 Å². The van der Waals surface area contributed by atoms with Crippen molar-refractivity contribution < 1.29 is 14.3 Å². The van der Waals surface area contributed by atoms with Crippen molar-refractivity contribution in [3.63, 3.8) is 0 Å². The lowest BCUT2D eigenvalue weighted by atomic mass is 10.1. The topological polar surface area (TPSA) is 51.1 Å². The van der Waals surface area contributed by atoms with Crippen LogP contribution in [0.5, 0.6) is 11.5 Å². The number of nitrogens with zero attached hydrogens (tertiary/aromatic N) is 2. The number of amidine groups is 1. The van der Waals surface area contributed by atoms with E-state index in [1.165, 1.54) is 0 Å². The normalized spacial score (nSPS) is 14.6. The Labute approximate surface area is 188 Å². The number of carbonyl (C=O) groups excluding carboxylic acids is 1. The molecule has 5 heteroatoms. The SMILES string of the molecule is CCOc1ccc(/C=C2/N=C(c3cccc(C)c3)N(c3ccc(OCC)cc3)C2=O)cc1. The number of benzene rings is 3. The summed E-state index contributed by atoms with van der Waals surface area (Å²) in [6.45, 7) is 7.12. The lowest BCUT2D eigenvalue weighted by molar-refractivity contribution is -0.113. The average Bonchev–Trinajstić information content (AvgIpc) is 3.12. The molecule has 0 saturated carbocycles. The number of rotatable bonds is 7. The molecule has 0 bridgehead atoms. The average molecular weight is 427 g/mol. The first-order valence-electron chi connectivity index (χ1n) is 10.8. The Hall–Kier alpha value is -3.86. The molecule has 32 heavy (non-hydrogen) atoms. The summed E-state index contributed by atoms with van der Waals surface area (Å²) in [6.07, 6.45) is 1.81. The van der Waals surface area contributed by atoms with Crippen LogP contribution in [0.3, 0.4) is 0 Å². The van der Waals surface area contributed by atoms with Crippen molar-refractivity contribution in [2.75, 3.05) is 18.1 Å². The molecule has 0 unspecified atom stereocenters. The van der Waals surface area contributed by atoms with E-state index in [4.69, 9.17) is 14.5 Å². The summed E-state index contributed by atoms with van der Waals surface area (Å²) >= 11 is 0. The maximum absolute atomic E-state index is 13.4. The second kappa shape index (κ2) is 9.52. The molecule has 0 atom stereocenters. The van der Waals surface area contributed by atoms with Gasteiger partial charge in [-0.15, -0.1) is 0 Å². The van der Waals surface area contributed by atoms with Gasteiger partial charge in [0, 0.05) is 5.56 Å². The van der Waals surface area contributed by atoms with Crippen molar-refractivity contribution >= 4 is 23.5 Å². The summed E-state index contributed by atoms with van der Waals surface area (Å²) in [4.78, 5) is 19.8. The summed E-state index contributed by atoms with van der Waals surface area (Å²) in [6, 6.07) is 23.1. The molecule has 4 rings (SSSR count). The maximum Gasteiger partial charge on any atom is 0.282 e. The molecule has 3 aromatic rings. The van der Waals surface area contributed by atoms with Crippen LogP contribution in [0.2, 0.25) is 0 Å². The zero-order valence-corrected chi connectivity index (χ0v) is 18.5. The molecule has 0 fully saturated rings. The minimum Gasteiger partial charge on any atom is -0.494 e. The lowest BCUT2D eigenvalue weighted by Crippen LogP contribution is -2.32. The summed E-state index contributed by atoms with van der Waals surface area (Å²) in [5.74, 6) is 2.01. The highest BCUT2D eigenvalue weighted by atomic mass is 16.5. The first-order valence-corrected chi connectivity index (χ1v) is 10.8. The fourth-order valence-corrected chi connectivity index (χ4v) is 3.58. The van der Waals surface area contributed by atoms with Crippen LogP contribution in [0.25, 0.3) is 6.08 Å². The molecule has 0 spiro atoms. The summed E-state index contributed by atoms with van der Waals surface area (Å²) < 4.78 is 11.1. The largest absolute Gasteiger partial charge is 0.494 e. The van der Waals surface area contributed by atoms with Crippen LogP contribution < -0.4 is 14.4 Å². The molecule has 0 aromatic heterocycles. The molecule has 0 N–H and O–H groups in total. The molecular weight excluding hydrogens is 400 g/mol. The van der Waals surface area contributed by atoms with E-state index in [1.54, 1.807) is 4.90 Å². The summed E-state index contributed by atoms with van der Waals surface area (Å²) in [5, 5.41) is 0. The zero-order valence-electron chi connectivity index (χ0n) is 18.5. The van der Waals surface area contributed by atoms with Gasteiger partial charge >= 0.3 is 0 Å². The van der Waals surface area contributed by atoms with E-state index in [0.29, 0.717) is 24.7 Å². The lowest BCUT2D eigenvalue weighted by Gasteiger charge is -2.19. The van der Waals surface area contributed by atoms with Crippen molar-refractivity contribution in [3.8, 4) is 11.5 Å². The number of aryl methyl sites for hydroxylation is 1. The van der Waals surface area contributed by atoms with E-state index < -0.39 is 0 Å². The zero-order chi connectivity index (χ0) is 22.5. The maximum atomic E-state index is 13.4. The fourth-order valence-electron chi connectivity index (χ4n) is 3.58. The highest BCUT2D eigenvalue weighted by Crippen LogP contribution is 2.29. The molecule has 1 aliphatic heterocycles. The number of hydrogen-bond donors (Lipinski definition) is 0. The van der Waals surface area contributed by atoms with Crippen LogP contribution in [0.4, 0.5) is 5.69 Å². The van der Waals surface area contributed by atoms with Gasteiger partial charge in [0.1, 0.15) is 23.0 Å². The second-order valence-corrected chi connectivity index (χ2v) is 7.40.